The normalized spacial score (nSPS) is 23.0. The van der Waals surface area contributed by atoms with Crippen molar-refractivity contribution in [2.24, 2.45) is 0 Å². The molecule has 0 amide bonds. The van der Waals surface area contributed by atoms with Crippen LogP contribution in [0, 0.1) is 11.8 Å². The summed E-state index contributed by atoms with van der Waals surface area (Å²) in [5.74, 6) is 6.23. The van der Waals surface area contributed by atoms with Gasteiger partial charge in [-0.05, 0) is 18.4 Å². The molecule has 3 rings (SSSR count). The van der Waals surface area contributed by atoms with Crippen molar-refractivity contribution in [1.82, 2.24) is 0 Å². The van der Waals surface area contributed by atoms with Crippen LogP contribution in [0.4, 0.5) is 0 Å². The summed E-state index contributed by atoms with van der Waals surface area (Å²) >= 11 is 0. The zero-order chi connectivity index (χ0) is 12.6. The van der Waals surface area contributed by atoms with E-state index >= 15 is 0 Å². The number of benzene rings is 1. The van der Waals surface area contributed by atoms with E-state index in [0.717, 1.165) is 25.7 Å². The van der Waals surface area contributed by atoms with Crippen LogP contribution in [0.2, 0.25) is 0 Å². The first-order chi connectivity index (χ1) is 8.90. The molecule has 1 saturated heterocycles. The maximum atomic E-state index is 5.36. The third kappa shape index (κ3) is 5.89. The third-order valence-electron chi connectivity index (χ3n) is 3.07. The fourth-order valence-electron chi connectivity index (χ4n) is 2.03. The molecule has 1 fully saturated rings. The Bertz CT molecular complexity index is 389. The molecule has 3 nitrogen and oxygen atoms in total. The van der Waals surface area contributed by atoms with Crippen LogP contribution >= 0.6 is 0 Å². The van der Waals surface area contributed by atoms with E-state index in [1.165, 1.54) is 5.56 Å². The number of ether oxygens (including phenoxy) is 2. The molecule has 104 valence electrons. The SMILES string of the molecule is C1#CCCC2OC2CC1.COCc1ccccc1.O. The minimum atomic E-state index is 0. The van der Waals surface area contributed by atoms with E-state index in [1.807, 2.05) is 30.3 Å². The summed E-state index contributed by atoms with van der Waals surface area (Å²) in [7, 11) is 1.70. The molecular formula is C16H22O3. The highest BCUT2D eigenvalue weighted by Crippen LogP contribution is 2.30. The lowest BCUT2D eigenvalue weighted by Crippen LogP contribution is -1.94. The second-order valence-corrected chi connectivity index (χ2v) is 4.56. The molecule has 3 heteroatoms. The van der Waals surface area contributed by atoms with Gasteiger partial charge in [-0.3, -0.25) is 0 Å². The van der Waals surface area contributed by atoms with E-state index in [-0.39, 0.29) is 5.48 Å². The molecule has 0 bridgehead atoms. The fourth-order valence-corrected chi connectivity index (χ4v) is 2.03. The molecule has 1 aromatic rings. The smallest absolute Gasteiger partial charge is 0.0851 e. The van der Waals surface area contributed by atoms with Crippen LogP contribution in [-0.4, -0.2) is 24.8 Å². The Morgan fingerprint density at radius 1 is 1.11 bits per heavy atom. The Morgan fingerprint density at radius 2 is 1.68 bits per heavy atom. The molecule has 2 aliphatic rings. The minimum Gasteiger partial charge on any atom is -0.412 e. The van der Waals surface area contributed by atoms with E-state index < -0.39 is 0 Å². The van der Waals surface area contributed by atoms with Gasteiger partial charge in [0.1, 0.15) is 0 Å². The van der Waals surface area contributed by atoms with Crippen molar-refractivity contribution in [3.63, 3.8) is 0 Å². The second kappa shape index (κ2) is 8.71. The summed E-state index contributed by atoms with van der Waals surface area (Å²) in [6, 6.07) is 10.1. The van der Waals surface area contributed by atoms with E-state index in [2.05, 4.69) is 11.8 Å². The maximum absolute atomic E-state index is 5.36. The summed E-state index contributed by atoms with van der Waals surface area (Å²) in [4.78, 5) is 0. The molecular weight excluding hydrogens is 240 g/mol. The van der Waals surface area contributed by atoms with Gasteiger partial charge in [0.15, 0.2) is 0 Å². The Hall–Kier alpha value is -1.34. The lowest BCUT2D eigenvalue weighted by molar-refractivity contribution is 0.185. The van der Waals surface area contributed by atoms with Crippen molar-refractivity contribution >= 4 is 0 Å². The number of methoxy groups -OCH3 is 1. The predicted molar refractivity (Wildman–Crippen MR) is 75.7 cm³/mol. The average Bonchev–Trinajstić information content (AvgIpc) is 3.09. The topological polar surface area (TPSA) is 53.3 Å². The van der Waals surface area contributed by atoms with Gasteiger partial charge in [0.2, 0.25) is 0 Å². The molecule has 0 aromatic heterocycles. The van der Waals surface area contributed by atoms with Crippen LogP contribution in [0.5, 0.6) is 0 Å². The molecule has 1 aliphatic carbocycles. The summed E-state index contributed by atoms with van der Waals surface area (Å²) in [6.07, 6.45) is 5.58. The van der Waals surface area contributed by atoms with Gasteiger partial charge >= 0.3 is 0 Å². The van der Waals surface area contributed by atoms with Crippen LogP contribution < -0.4 is 0 Å². The van der Waals surface area contributed by atoms with Gasteiger partial charge in [-0.2, -0.15) is 0 Å². The van der Waals surface area contributed by atoms with Crippen LogP contribution in [0.3, 0.4) is 0 Å². The Kier molecular flexibility index (Phi) is 7.20. The van der Waals surface area contributed by atoms with Crippen molar-refractivity contribution < 1.29 is 14.9 Å². The zero-order valence-electron chi connectivity index (χ0n) is 11.4. The van der Waals surface area contributed by atoms with Crippen molar-refractivity contribution in [2.75, 3.05) is 7.11 Å². The van der Waals surface area contributed by atoms with Gasteiger partial charge in [0, 0.05) is 20.0 Å². The largest absolute Gasteiger partial charge is 0.412 e. The van der Waals surface area contributed by atoms with Crippen LogP contribution in [-0.2, 0) is 16.1 Å². The van der Waals surface area contributed by atoms with Crippen molar-refractivity contribution in [3.05, 3.63) is 35.9 Å². The minimum absolute atomic E-state index is 0. The van der Waals surface area contributed by atoms with Gasteiger partial charge in [-0.1, -0.05) is 30.3 Å². The quantitative estimate of drug-likeness (QED) is 0.607. The highest BCUT2D eigenvalue weighted by Gasteiger charge is 2.37. The predicted octanol–water partition coefficient (Wildman–Crippen LogP) is 2.34. The molecule has 1 aromatic carbocycles. The Labute approximate surface area is 115 Å². The van der Waals surface area contributed by atoms with Crippen molar-refractivity contribution in [1.29, 1.82) is 0 Å². The number of fused-ring (bicyclic) bond motifs is 1. The summed E-state index contributed by atoms with van der Waals surface area (Å²) < 4.78 is 10.3. The average molecular weight is 262 g/mol. The van der Waals surface area contributed by atoms with Gasteiger partial charge in [-0.15, -0.1) is 11.8 Å². The molecule has 0 spiro atoms. The molecule has 19 heavy (non-hydrogen) atoms. The fraction of sp³-hybridized carbons (Fsp3) is 0.500. The first kappa shape index (κ1) is 15.7. The lowest BCUT2D eigenvalue weighted by atomic mass is 10.1. The Morgan fingerprint density at radius 3 is 2.21 bits per heavy atom. The summed E-state index contributed by atoms with van der Waals surface area (Å²) in [5, 5.41) is 0. The number of hydrogen-bond donors (Lipinski definition) is 0. The maximum Gasteiger partial charge on any atom is 0.0851 e. The number of hydrogen-bond acceptors (Lipinski definition) is 2. The molecule has 2 unspecified atom stereocenters. The van der Waals surface area contributed by atoms with E-state index in [9.17, 15) is 0 Å². The number of epoxide rings is 1. The first-order valence-corrected chi connectivity index (χ1v) is 6.54. The van der Waals surface area contributed by atoms with Crippen LogP contribution in [0.25, 0.3) is 0 Å². The molecule has 0 radical (unpaired) electrons. The molecule has 1 aliphatic heterocycles. The molecule has 0 saturated carbocycles. The second-order valence-electron chi connectivity index (χ2n) is 4.56. The zero-order valence-corrected chi connectivity index (χ0v) is 11.4. The van der Waals surface area contributed by atoms with E-state index in [4.69, 9.17) is 9.47 Å². The van der Waals surface area contributed by atoms with Gasteiger partial charge < -0.3 is 14.9 Å². The molecule has 2 atom stereocenters. The van der Waals surface area contributed by atoms with Gasteiger partial charge in [0.25, 0.3) is 0 Å². The lowest BCUT2D eigenvalue weighted by Gasteiger charge is -1.95. The van der Waals surface area contributed by atoms with Gasteiger partial charge in [-0.25, -0.2) is 0 Å². The highest BCUT2D eigenvalue weighted by atomic mass is 16.6. The van der Waals surface area contributed by atoms with Crippen LogP contribution in [0.1, 0.15) is 31.2 Å². The molecule has 1 heterocycles. The van der Waals surface area contributed by atoms with Crippen molar-refractivity contribution in [3.8, 4) is 11.8 Å². The highest BCUT2D eigenvalue weighted by molar-refractivity contribution is 5.13. The van der Waals surface area contributed by atoms with Crippen molar-refractivity contribution in [2.45, 2.75) is 44.5 Å². The van der Waals surface area contributed by atoms with E-state index in [0.29, 0.717) is 18.8 Å². The first-order valence-electron chi connectivity index (χ1n) is 6.54. The standard InChI is InChI=1S/2C8H10O.H2O/c1-2-4-6-8-7(9-8)5-3-1;1-9-7-8-5-3-2-4-6-8;/h7-8H,3-6H2;2-6H,7H2,1H3;1H2. The third-order valence-corrected chi connectivity index (χ3v) is 3.07. The summed E-state index contributed by atoms with van der Waals surface area (Å²) in [5.41, 5.74) is 1.22. The van der Waals surface area contributed by atoms with Gasteiger partial charge in [0.05, 0.1) is 18.8 Å². The Balaban J connectivity index is 0.000000180. The number of rotatable bonds is 2. The monoisotopic (exact) mass is 262 g/mol. The molecule has 2 N–H and O–H groups in total. The van der Waals surface area contributed by atoms with E-state index in [1.54, 1.807) is 7.11 Å². The van der Waals surface area contributed by atoms with Crippen LogP contribution in [0.15, 0.2) is 30.3 Å². The summed E-state index contributed by atoms with van der Waals surface area (Å²) in [6.45, 7) is 0.709.